The normalized spacial score (nSPS) is 9.53. The fourth-order valence-electron chi connectivity index (χ4n) is 1.01. The second-order valence-corrected chi connectivity index (χ2v) is 3.01. The molecule has 0 aliphatic rings. The zero-order chi connectivity index (χ0) is 11.3. The van der Waals surface area contributed by atoms with Crippen LogP contribution in [0.25, 0.3) is 0 Å². The van der Waals surface area contributed by atoms with Crippen LogP contribution >= 0.6 is 0 Å². The van der Waals surface area contributed by atoms with Crippen molar-refractivity contribution in [1.82, 2.24) is 15.0 Å². The predicted octanol–water partition coefficient (Wildman–Crippen LogP) is 0.836. The molecule has 6 nitrogen and oxygen atoms in total. The van der Waals surface area contributed by atoms with Crippen LogP contribution in [-0.2, 0) is 6.54 Å². The topological polar surface area (TPSA) is 91.8 Å². The molecule has 0 bridgehead atoms. The summed E-state index contributed by atoms with van der Waals surface area (Å²) in [4.78, 5) is 10.5. The number of hydrogen-bond acceptors (Lipinski definition) is 4. The van der Waals surface area contributed by atoms with E-state index in [4.69, 9.17) is 10.4 Å². The highest BCUT2D eigenvalue weighted by Gasteiger charge is 2.08. The van der Waals surface area contributed by atoms with Crippen LogP contribution in [0.15, 0.2) is 18.3 Å². The van der Waals surface area contributed by atoms with E-state index in [0.29, 0.717) is 19.4 Å². The Kier molecular flexibility index (Phi) is 3.57. The molecule has 0 fully saturated rings. The van der Waals surface area contributed by atoms with Gasteiger partial charge in [0.1, 0.15) is 0 Å². The first-order chi connectivity index (χ1) is 7.13. The lowest BCUT2D eigenvalue weighted by Crippen LogP contribution is -2.01. The average molecular weight is 206 g/mol. The van der Waals surface area contributed by atoms with Gasteiger partial charge in [0.15, 0.2) is 5.69 Å². The fraction of sp³-hybridized carbons (Fsp3) is 0.333. The van der Waals surface area contributed by atoms with Gasteiger partial charge in [0.25, 0.3) is 0 Å². The summed E-state index contributed by atoms with van der Waals surface area (Å²) in [5.74, 6) is -1.11. The maximum atomic E-state index is 10.5. The van der Waals surface area contributed by atoms with E-state index >= 15 is 0 Å². The van der Waals surface area contributed by atoms with Gasteiger partial charge in [-0.15, -0.1) is 5.10 Å². The molecule has 0 atom stereocenters. The van der Waals surface area contributed by atoms with Crippen LogP contribution in [0, 0.1) is 11.3 Å². The van der Waals surface area contributed by atoms with E-state index < -0.39 is 5.97 Å². The first-order valence-electron chi connectivity index (χ1n) is 4.30. The molecule has 1 aromatic heterocycles. The molecule has 15 heavy (non-hydrogen) atoms. The molecule has 0 spiro atoms. The molecule has 0 aromatic carbocycles. The smallest absolute Gasteiger partial charge is 0.358 e. The summed E-state index contributed by atoms with van der Waals surface area (Å²) in [7, 11) is 0. The molecule has 0 saturated carbocycles. The van der Waals surface area contributed by atoms with E-state index in [1.54, 1.807) is 0 Å². The standard InChI is InChI=1S/C9H10N4O2/c1-7(3-2-4-10)5-13-6-8(9(14)15)11-12-13/h6H,1-3,5H2,(H,14,15). The zero-order valence-electron chi connectivity index (χ0n) is 8.05. The third kappa shape index (κ3) is 3.23. The van der Waals surface area contributed by atoms with Gasteiger partial charge >= 0.3 is 5.97 Å². The Balaban J connectivity index is 2.54. The molecule has 0 aliphatic heterocycles. The summed E-state index contributed by atoms with van der Waals surface area (Å²) >= 11 is 0. The Hall–Kier alpha value is -2.16. The average Bonchev–Trinajstić information content (AvgIpc) is 2.63. The molecule has 6 heteroatoms. The zero-order valence-corrected chi connectivity index (χ0v) is 8.05. The first-order valence-corrected chi connectivity index (χ1v) is 4.30. The maximum Gasteiger partial charge on any atom is 0.358 e. The highest BCUT2D eigenvalue weighted by molar-refractivity contribution is 5.84. The highest BCUT2D eigenvalue weighted by Crippen LogP contribution is 2.04. The quantitative estimate of drug-likeness (QED) is 0.720. The monoisotopic (exact) mass is 206 g/mol. The van der Waals surface area contributed by atoms with Gasteiger partial charge in [-0.1, -0.05) is 17.4 Å². The van der Waals surface area contributed by atoms with Crippen molar-refractivity contribution in [1.29, 1.82) is 5.26 Å². The largest absolute Gasteiger partial charge is 0.476 e. The minimum absolute atomic E-state index is 0.0944. The van der Waals surface area contributed by atoms with Gasteiger partial charge in [0, 0.05) is 6.42 Å². The summed E-state index contributed by atoms with van der Waals surface area (Å²) < 4.78 is 1.39. The van der Waals surface area contributed by atoms with Gasteiger partial charge in [-0.25, -0.2) is 9.48 Å². The number of nitriles is 1. The van der Waals surface area contributed by atoms with Crippen LogP contribution in [0.5, 0.6) is 0 Å². The van der Waals surface area contributed by atoms with Crippen molar-refractivity contribution in [2.75, 3.05) is 0 Å². The van der Waals surface area contributed by atoms with Crippen LogP contribution in [0.2, 0.25) is 0 Å². The minimum atomic E-state index is -1.11. The lowest BCUT2D eigenvalue weighted by Gasteiger charge is -2.01. The maximum absolute atomic E-state index is 10.5. The molecule has 0 unspecified atom stereocenters. The molecular weight excluding hydrogens is 196 g/mol. The summed E-state index contributed by atoms with van der Waals surface area (Å²) in [6.07, 6.45) is 2.32. The van der Waals surface area contributed by atoms with E-state index in [1.807, 2.05) is 6.07 Å². The second kappa shape index (κ2) is 4.91. The van der Waals surface area contributed by atoms with Crippen molar-refractivity contribution in [3.63, 3.8) is 0 Å². The van der Waals surface area contributed by atoms with Crippen LogP contribution in [0.3, 0.4) is 0 Å². The van der Waals surface area contributed by atoms with Crippen molar-refractivity contribution < 1.29 is 9.90 Å². The number of allylic oxidation sites excluding steroid dienone is 1. The van der Waals surface area contributed by atoms with E-state index in [-0.39, 0.29) is 5.69 Å². The van der Waals surface area contributed by atoms with Gasteiger partial charge in [-0.2, -0.15) is 5.26 Å². The molecule has 1 heterocycles. The summed E-state index contributed by atoms with van der Waals surface area (Å²) in [6.45, 7) is 4.15. The number of carboxylic acids is 1. The van der Waals surface area contributed by atoms with Crippen LogP contribution in [0.4, 0.5) is 0 Å². The Bertz CT molecular complexity index is 416. The lowest BCUT2D eigenvalue weighted by molar-refractivity contribution is 0.0690. The number of hydrogen-bond donors (Lipinski definition) is 1. The number of nitrogens with zero attached hydrogens (tertiary/aromatic N) is 4. The number of carboxylic acid groups (broad SMARTS) is 1. The number of rotatable bonds is 5. The van der Waals surface area contributed by atoms with Crippen molar-refractivity contribution in [2.45, 2.75) is 19.4 Å². The molecule has 0 amide bonds. The molecule has 1 N–H and O–H groups in total. The number of carbonyl (C=O) groups is 1. The molecule has 0 radical (unpaired) electrons. The van der Waals surface area contributed by atoms with Gasteiger partial charge in [-0.3, -0.25) is 0 Å². The van der Waals surface area contributed by atoms with E-state index in [0.717, 1.165) is 5.57 Å². The Morgan fingerprint density at radius 2 is 2.47 bits per heavy atom. The number of aromatic nitrogens is 3. The molecule has 0 aliphatic carbocycles. The summed E-state index contributed by atoms with van der Waals surface area (Å²) in [5, 5.41) is 24.0. The lowest BCUT2D eigenvalue weighted by atomic mass is 10.2. The molecule has 0 saturated heterocycles. The fourth-order valence-corrected chi connectivity index (χ4v) is 1.01. The van der Waals surface area contributed by atoms with Gasteiger partial charge in [0.05, 0.1) is 18.8 Å². The molecule has 1 rings (SSSR count). The Labute approximate surface area is 86.4 Å². The highest BCUT2D eigenvalue weighted by atomic mass is 16.4. The van der Waals surface area contributed by atoms with Gasteiger partial charge in [-0.05, 0) is 6.42 Å². The molecule has 1 aromatic rings. The van der Waals surface area contributed by atoms with Gasteiger partial charge in [0.2, 0.25) is 0 Å². The minimum Gasteiger partial charge on any atom is -0.476 e. The van der Waals surface area contributed by atoms with Crippen LogP contribution in [-0.4, -0.2) is 26.1 Å². The third-order valence-corrected chi connectivity index (χ3v) is 1.73. The SMILES string of the molecule is C=C(CCC#N)Cn1cc(C(=O)O)nn1. The Morgan fingerprint density at radius 3 is 3.00 bits per heavy atom. The van der Waals surface area contributed by atoms with Crippen molar-refractivity contribution in [3.8, 4) is 6.07 Å². The molecule has 78 valence electrons. The van der Waals surface area contributed by atoms with E-state index in [1.165, 1.54) is 10.9 Å². The second-order valence-electron chi connectivity index (χ2n) is 3.01. The van der Waals surface area contributed by atoms with Crippen LogP contribution < -0.4 is 0 Å². The number of aromatic carboxylic acids is 1. The first kappa shape index (κ1) is 10.9. The van der Waals surface area contributed by atoms with Crippen molar-refractivity contribution in [2.24, 2.45) is 0 Å². The summed E-state index contributed by atoms with van der Waals surface area (Å²) in [6, 6.07) is 2.01. The van der Waals surface area contributed by atoms with Crippen LogP contribution in [0.1, 0.15) is 23.3 Å². The van der Waals surface area contributed by atoms with E-state index in [9.17, 15) is 4.79 Å². The summed E-state index contributed by atoms with van der Waals surface area (Å²) in [5.41, 5.74) is 0.724. The van der Waals surface area contributed by atoms with Crippen molar-refractivity contribution >= 4 is 5.97 Å². The predicted molar refractivity (Wildman–Crippen MR) is 51.0 cm³/mol. The molecular formula is C9H10N4O2. The third-order valence-electron chi connectivity index (χ3n) is 1.73. The van der Waals surface area contributed by atoms with Gasteiger partial charge < -0.3 is 5.11 Å². The van der Waals surface area contributed by atoms with E-state index in [2.05, 4.69) is 16.9 Å². The Morgan fingerprint density at radius 1 is 1.73 bits per heavy atom. The van der Waals surface area contributed by atoms with Crippen molar-refractivity contribution in [3.05, 3.63) is 24.0 Å².